The number of anilines is 1. The van der Waals surface area contributed by atoms with E-state index in [2.05, 4.69) is 49.3 Å². The van der Waals surface area contributed by atoms with E-state index in [1.807, 2.05) is 18.2 Å². The molecule has 0 aromatic heterocycles. The minimum Gasteiger partial charge on any atom is -0.410 e. The number of likely N-dealkylation sites (N-methyl/N-ethyl adjacent to an activating group) is 2. The molecule has 1 aromatic carbocycles. The molecule has 132 valence electrons. The molecule has 1 fully saturated rings. The Balaban J connectivity index is 1.82. The van der Waals surface area contributed by atoms with Gasteiger partial charge in [0.05, 0.1) is 6.17 Å². The van der Waals surface area contributed by atoms with Crippen LogP contribution in [0.2, 0.25) is 0 Å². The fraction of sp³-hybridized carbons (Fsp3) is 0.350. The Morgan fingerprint density at radius 2 is 2.16 bits per heavy atom. The van der Waals surface area contributed by atoms with Crippen LogP contribution < -0.4 is 15.0 Å². The van der Waals surface area contributed by atoms with Crippen LogP contribution in [0.15, 0.2) is 55.3 Å². The highest BCUT2D eigenvalue weighted by molar-refractivity contribution is 5.74. The van der Waals surface area contributed by atoms with Crippen molar-refractivity contribution in [2.75, 3.05) is 25.5 Å². The summed E-state index contributed by atoms with van der Waals surface area (Å²) in [5.74, 6) is 0.545. The van der Waals surface area contributed by atoms with E-state index in [4.69, 9.17) is 4.74 Å². The number of fused-ring (bicyclic) bond motifs is 3. The SMILES string of the molecule is C=C/C=C(\C=C)NC(=O)Oc1ccc2c(c1)[C@]1(C)CCN(C)[C@@H]1N2C. The largest absolute Gasteiger partial charge is 0.417 e. The van der Waals surface area contributed by atoms with Crippen LogP contribution in [0.3, 0.4) is 0 Å². The highest BCUT2D eigenvalue weighted by Crippen LogP contribution is 2.51. The molecule has 2 heterocycles. The standard InChI is InChI=1S/C20H25N3O2/c1-6-8-14(7-2)21-19(24)25-15-9-10-17-16(13-15)20(3)11-12-22(4)18(20)23(17)5/h6-10,13,18H,1-2,11-12H2,3-5H3,(H,21,24)/b14-8+/t18-,20+/m1/s1. The number of rotatable bonds is 4. The van der Waals surface area contributed by atoms with Gasteiger partial charge in [0.15, 0.2) is 0 Å². The summed E-state index contributed by atoms with van der Waals surface area (Å²) < 4.78 is 5.47. The third kappa shape index (κ3) is 2.85. The van der Waals surface area contributed by atoms with Crippen molar-refractivity contribution in [2.45, 2.75) is 24.9 Å². The van der Waals surface area contributed by atoms with Crippen LogP contribution in [0.4, 0.5) is 10.5 Å². The molecule has 1 amide bonds. The number of hydrogen-bond acceptors (Lipinski definition) is 4. The van der Waals surface area contributed by atoms with Crippen LogP contribution in [-0.4, -0.2) is 37.8 Å². The maximum atomic E-state index is 12.1. The second kappa shape index (κ2) is 6.41. The average molecular weight is 339 g/mol. The number of allylic oxidation sites excluding steroid dienone is 3. The molecule has 5 nitrogen and oxygen atoms in total. The van der Waals surface area contributed by atoms with Crippen LogP contribution in [-0.2, 0) is 5.41 Å². The van der Waals surface area contributed by atoms with Gasteiger partial charge in [0.1, 0.15) is 5.75 Å². The van der Waals surface area contributed by atoms with Crippen LogP contribution in [0, 0.1) is 0 Å². The molecule has 0 bridgehead atoms. The number of carbonyl (C=O) groups is 1. The van der Waals surface area contributed by atoms with Gasteiger partial charge in [-0.25, -0.2) is 4.79 Å². The van der Waals surface area contributed by atoms with E-state index < -0.39 is 6.09 Å². The van der Waals surface area contributed by atoms with Gasteiger partial charge >= 0.3 is 6.09 Å². The molecule has 2 aliphatic heterocycles. The Hall–Kier alpha value is -2.53. The van der Waals surface area contributed by atoms with Gasteiger partial charge in [-0.3, -0.25) is 10.2 Å². The summed E-state index contributed by atoms with van der Waals surface area (Å²) >= 11 is 0. The third-order valence-corrected chi connectivity index (χ3v) is 5.28. The summed E-state index contributed by atoms with van der Waals surface area (Å²) in [6.07, 6.45) is 5.68. The van der Waals surface area contributed by atoms with E-state index in [0.717, 1.165) is 13.0 Å². The number of likely N-dealkylation sites (tertiary alicyclic amines) is 1. The number of amides is 1. The highest BCUT2D eigenvalue weighted by atomic mass is 16.6. The summed E-state index contributed by atoms with van der Waals surface area (Å²) in [5.41, 5.74) is 3.03. The lowest BCUT2D eigenvalue weighted by Crippen LogP contribution is -2.45. The minimum atomic E-state index is -0.537. The first-order valence-corrected chi connectivity index (χ1v) is 8.42. The van der Waals surface area contributed by atoms with E-state index in [1.54, 1.807) is 18.2 Å². The zero-order valence-electron chi connectivity index (χ0n) is 15.1. The van der Waals surface area contributed by atoms with E-state index >= 15 is 0 Å². The lowest BCUT2D eigenvalue weighted by Gasteiger charge is -2.32. The van der Waals surface area contributed by atoms with Gasteiger partial charge in [0.2, 0.25) is 0 Å². The first-order valence-electron chi connectivity index (χ1n) is 8.42. The Morgan fingerprint density at radius 3 is 2.84 bits per heavy atom. The highest BCUT2D eigenvalue weighted by Gasteiger charge is 2.52. The molecule has 0 saturated carbocycles. The van der Waals surface area contributed by atoms with E-state index in [9.17, 15) is 4.79 Å². The molecule has 2 aliphatic rings. The fourth-order valence-corrected chi connectivity index (χ4v) is 4.16. The van der Waals surface area contributed by atoms with Crippen molar-refractivity contribution >= 4 is 11.8 Å². The molecule has 25 heavy (non-hydrogen) atoms. The monoisotopic (exact) mass is 339 g/mol. The van der Waals surface area contributed by atoms with E-state index in [0.29, 0.717) is 17.6 Å². The zero-order chi connectivity index (χ0) is 18.2. The predicted molar refractivity (Wildman–Crippen MR) is 101 cm³/mol. The maximum Gasteiger partial charge on any atom is 0.417 e. The number of benzene rings is 1. The molecular formula is C20H25N3O2. The molecule has 0 spiro atoms. The van der Waals surface area contributed by atoms with Gasteiger partial charge in [-0.15, -0.1) is 0 Å². The van der Waals surface area contributed by atoms with Gasteiger partial charge in [0.25, 0.3) is 0 Å². The zero-order valence-corrected chi connectivity index (χ0v) is 15.1. The molecule has 1 N–H and O–H groups in total. The number of hydrogen-bond donors (Lipinski definition) is 1. The summed E-state index contributed by atoms with van der Waals surface area (Å²) in [7, 11) is 4.28. The topological polar surface area (TPSA) is 44.8 Å². The summed E-state index contributed by atoms with van der Waals surface area (Å²) in [6.45, 7) is 10.6. The molecule has 1 saturated heterocycles. The van der Waals surface area contributed by atoms with Crippen molar-refractivity contribution in [3.63, 3.8) is 0 Å². The molecule has 0 unspecified atom stereocenters. The summed E-state index contributed by atoms with van der Waals surface area (Å²) in [4.78, 5) is 16.8. The first kappa shape index (κ1) is 17.3. The Morgan fingerprint density at radius 1 is 1.40 bits per heavy atom. The molecule has 0 radical (unpaired) electrons. The number of carbonyl (C=O) groups excluding carboxylic acids is 1. The summed E-state index contributed by atoms with van der Waals surface area (Å²) in [5, 5.41) is 2.65. The van der Waals surface area contributed by atoms with Gasteiger partial charge in [-0.1, -0.05) is 26.2 Å². The van der Waals surface area contributed by atoms with Crippen molar-refractivity contribution in [3.8, 4) is 5.75 Å². The fourth-order valence-electron chi connectivity index (χ4n) is 4.16. The Labute approximate surface area is 149 Å². The molecular weight excluding hydrogens is 314 g/mol. The third-order valence-electron chi connectivity index (χ3n) is 5.28. The van der Waals surface area contributed by atoms with Gasteiger partial charge in [0, 0.05) is 30.4 Å². The minimum absolute atomic E-state index is 0.0453. The van der Waals surface area contributed by atoms with Crippen LogP contribution >= 0.6 is 0 Å². The van der Waals surface area contributed by atoms with E-state index in [1.165, 1.54) is 11.3 Å². The Kier molecular flexibility index (Phi) is 4.43. The number of nitrogens with one attached hydrogen (secondary N) is 1. The molecule has 2 atom stereocenters. The van der Waals surface area contributed by atoms with Crippen molar-refractivity contribution in [3.05, 3.63) is 60.8 Å². The quantitative estimate of drug-likeness (QED) is 0.854. The van der Waals surface area contributed by atoms with E-state index in [-0.39, 0.29) is 5.41 Å². The Bertz CT molecular complexity index is 755. The lowest BCUT2D eigenvalue weighted by molar-refractivity contribution is 0.203. The van der Waals surface area contributed by atoms with Gasteiger partial charge in [-0.2, -0.15) is 0 Å². The van der Waals surface area contributed by atoms with Crippen molar-refractivity contribution in [2.24, 2.45) is 0 Å². The number of ether oxygens (including phenoxy) is 1. The lowest BCUT2D eigenvalue weighted by atomic mass is 9.81. The molecule has 3 rings (SSSR count). The normalized spacial score (nSPS) is 25.3. The summed E-state index contributed by atoms with van der Waals surface area (Å²) in [6, 6.07) is 5.86. The average Bonchev–Trinajstić information content (AvgIpc) is 3.00. The van der Waals surface area contributed by atoms with Crippen LogP contribution in [0.1, 0.15) is 18.9 Å². The van der Waals surface area contributed by atoms with Crippen molar-refractivity contribution < 1.29 is 9.53 Å². The maximum absolute atomic E-state index is 12.1. The second-order valence-corrected chi connectivity index (χ2v) is 6.89. The molecule has 0 aliphatic carbocycles. The second-order valence-electron chi connectivity index (χ2n) is 6.89. The predicted octanol–water partition coefficient (Wildman–Crippen LogP) is 3.40. The van der Waals surface area contributed by atoms with Gasteiger partial charge < -0.3 is 9.64 Å². The van der Waals surface area contributed by atoms with Crippen molar-refractivity contribution in [1.82, 2.24) is 10.2 Å². The van der Waals surface area contributed by atoms with Gasteiger partial charge in [-0.05, 0) is 49.4 Å². The van der Waals surface area contributed by atoms with Crippen molar-refractivity contribution in [1.29, 1.82) is 0 Å². The molecule has 5 heteroatoms. The van der Waals surface area contributed by atoms with Crippen LogP contribution in [0.25, 0.3) is 0 Å². The number of nitrogens with zero attached hydrogens (tertiary/aromatic N) is 2. The van der Waals surface area contributed by atoms with Crippen LogP contribution in [0.5, 0.6) is 5.75 Å². The smallest absolute Gasteiger partial charge is 0.410 e. The first-order chi connectivity index (χ1) is 11.9. The molecule has 1 aromatic rings.